The lowest BCUT2D eigenvalue weighted by molar-refractivity contribution is 0.0771. The van der Waals surface area contributed by atoms with E-state index < -0.39 is 0 Å². The van der Waals surface area contributed by atoms with Crippen LogP contribution in [0.4, 0.5) is 0 Å². The van der Waals surface area contributed by atoms with Crippen LogP contribution in [0.15, 0.2) is 0 Å². The summed E-state index contributed by atoms with van der Waals surface area (Å²) in [5.74, 6) is 4.17. The molecular weight excluding hydrogens is 242 g/mol. The molecule has 0 spiro atoms. The zero-order valence-corrected chi connectivity index (χ0v) is 13.8. The molecule has 3 fully saturated rings. The van der Waals surface area contributed by atoms with Crippen molar-refractivity contribution in [3.8, 4) is 0 Å². The van der Waals surface area contributed by atoms with Gasteiger partial charge in [-0.05, 0) is 88.1 Å². The van der Waals surface area contributed by atoms with Gasteiger partial charge in [0.2, 0.25) is 0 Å². The van der Waals surface area contributed by atoms with Gasteiger partial charge in [0, 0.05) is 6.04 Å². The van der Waals surface area contributed by atoms with Crippen molar-refractivity contribution in [3.05, 3.63) is 0 Å². The Kier molecular flexibility index (Phi) is 5.07. The van der Waals surface area contributed by atoms with Gasteiger partial charge in [-0.3, -0.25) is 0 Å². The summed E-state index contributed by atoms with van der Waals surface area (Å²) in [6.45, 7) is 7.65. The zero-order valence-electron chi connectivity index (χ0n) is 13.8. The molecule has 0 bridgehead atoms. The van der Waals surface area contributed by atoms with Crippen LogP contribution < -0.4 is 0 Å². The highest BCUT2D eigenvalue weighted by Gasteiger charge is 2.32. The zero-order chi connectivity index (χ0) is 13.9. The molecule has 3 aliphatic rings. The number of likely N-dealkylation sites (tertiary alicyclic amines) is 1. The second kappa shape index (κ2) is 6.81. The third-order valence-corrected chi connectivity index (χ3v) is 6.80. The molecule has 0 aromatic rings. The first-order valence-corrected chi connectivity index (χ1v) is 9.46. The van der Waals surface area contributed by atoms with Gasteiger partial charge in [0.15, 0.2) is 0 Å². The SMILES string of the molecule is CC1CCC(C2CCC(N3CCC(C)CC3)CC2)CC1. The van der Waals surface area contributed by atoms with E-state index in [0.29, 0.717) is 0 Å². The summed E-state index contributed by atoms with van der Waals surface area (Å²) in [6, 6.07) is 0.946. The molecule has 2 aliphatic carbocycles. The summed E-state index contributed by atoms with van der Waals surface area (Å²) in [5, 5.41) is 0. The molecular formula is C19H35N. The minimum atomic E-state index is 0.946. The van der Waals surface area contributed by atoms with Crippen LogP contribution in [0.2, 0.25) is 0 Å². The van der Waals surface area contributed by atoms with Crippen LogP contribution >= 0.6 is 0 Å². The van der Waals surface area contributed by atoms with Gasteiger partial charge in [-0.15, -0.1) is 0 Å². The molecule has 2 saturated carbocycles. The van der Waals surface area contributed by atoms with E-state index in [9.17, 15) is 0 Å². The van der Waals surface area contributed by atoms with Gasteiger partial charge in [0.05, 0.1) is 0 Å². The van der Waals surface area contributed by atoms with Crippen LogP contribution in [0.25, 0.3) is 0 Å². The third kappa shape index (κ3) is 3.59. The highest BCUT2D eigenvalue weighted by molar-refractivity contribution is 4.86. The Balaban J connectivity index is 1.42. The van der Waals surface area contributed by atoms with Gasteiger partial charge in [-0.2, -0.15) is 0 Å². The Morgan fingerprint density at radius 3 is 1.55 bits per heavy atom. The van der Waals surface area contributed by atoms with Crippen molar-refractivity contribution < 1.29 is 0 Å². The smallest absolute Gasteiger partial charge is 0.00954 e. The van der Waals surface area contributed by atoms with Crippen LogP contribution in [0, 0.1) is 23.7 Å². The number of hydrogen-bond donors (Lipinski definition) is 0. The molecule has 0 aromatic carbocycles. The molecule has 1 saturated heterocycles. The minimum absolute atomic E-state index is 0.946. The second-order valence-electron chi connectivity index (χ2n) is 8.31. The summed E-state index contributed by atoms with van der Waals surface area (Å²) in [6.07, 6.45) is 15.1. The first-order chi connectivity index (χ1) is 9.72. The third-order valence-electron chi connectivity index (χ3n) is 6.80. The Hall–Kier alpha value is -0.0400. The molecule has 0 radical (unpaired) electrons. The summed E-state index contributed by atoms with van der Waals surface area (Å²) in [5.41, 5.74) is 0. The Morgan fingerprint density at radius 1 is 0.550 bits per heavy atom. The van der Waals surface area contributed by atoms with Crippen LogP contribution in [-0.2, 0) is 0 Å². The molecule has 0 aromatic heterocycles. The lowest BCUT2D eigenvalue weighted by Crippen LogP contribution is -2.43. The quantitative estimate of drug-likeness (QED) is 0.678. The van der Waals surface area contributed by atoms with Crippen LogP contribution in [0.3, 0.4) is 0 Å². The lowest BCUT2D eigenvalue weighted by Gasteiger charge is -2.42. The fourth-order valence-electron chi connectivity index (χ4n) is 5.09. The molecule has 1 nitrogen and oxygen atoms in total. The van der Waals surface area contributed by atoms with Crippen LogP contribution in [0.5, 0.6) is 0 Å². The maximum Gasteiger partial charge on any atom is 0.00954 e. The standard InChI is InChI=1S/C19H35N/c1-15-3-5-17(6-4-15)18-7-9-19(10-8-18)20-13-11-16(2)12-14-20/h15-19H,3-14H2,1-2H3. The maximum absolute atomic E-state index is 2.83. The number of hydrogen-bond acceptors (Lipinski definition) is 1. The van der Waals surface area contributed by atoms with E-state index in [1.807, 2.05) is 0 Å². The average Bonchev–Trinajstić information content (AvgIpc) is 2.49. The predicted molar refractivity (Wildman–Crippen MR) is 86.8 cm³/mol. The number of piperidine rings is 1. The highest BCUT2D eigenvalue weighted by Crippen LogP contribution is 2.41. The molecule has 0 amide bonds. The van der Waals surface area contributed by atoms with E-state index in [4.69, 9.17) is 0 Å². The topological polar surface area (TPSA) is 3.24 Å². The Bertz CT molecular complexity index is 246. The molecule has 1 heteroatoms. The number of nitrogens with zero attached hydrogens (tertiary/aromatic N) is 1. The fraction of sp³-hybridized carbons (Fsp3) is 1.00. The summed E-state index contributed by atoms with van der Waals surface area (Å²) >= 11 is 0. The lowest BCUT2D eigenvalue weighted by atomic mass is 9.70. The largest absolute Gasteiger partial charge is 0.300 e. The predicted octanol–water partition coefficient (Wildman–Crippen LogP) is 5.10. The second-order valence-corrected chi connectivity index (χ2v) is 8.31. The normalized spacial score (nSPS) is 41.7. The minimum Gasteiger partial charge on any atom is -0.300 e. The van der Waals surface area contributed by atoms with Crippen molar-refractivity contribution in [2.24, 2.45) is 23.7 Å². The van der Waals surface area contributed by atoms with Crippen molar-refractivity contribution in [2.75, 3.05) is 13.1 Å². The summed E-state index contributed by atoms with van der Waals surface area (Å²) in [4.78, 5) is 2.83. The van der Waals surface area contributed by atoms with Crippen molar-refractivity contribution in [1.29, 1.82) is 0 Å². The molecule has 3 rings (SSSR count). The maximum atomic E-state index is 2.83. The average molecular weight is 277 g/mol. The van der Waals surface area contributed by atoms with Gasteiger partial charge in [-0.25, -0.2) is 0 Å². The first-order valence-electron chi connectivity index (χ1n) is 9.46. The first kappa shape index (κ1) is 14.9. The molecule has 1 heterocycles. The molecule has 0 atom stereocenters. The highest BCUT2D eigenvalue weighted by atomic mass is 15.2. The van der Waals surface area contributed by atoms with Crippen molar-refractivity contribution in [1.82, 2.24) is 4.90 Å². The van der Waals surface area contributed by atoms with Gasteiger partial charge >= 0.3 is 0 Å². The molecule has 116 valence electrons. The van der Waals surface area contributed by atoms with Crippen molar-refractivity contribution in [3.63, 3.8) is 0 Å². The van der Waals surface area contributed by atoms with E-state index in [1.54, 1.807) is 0 Å². The van der Waals surface area contributed by atoms with Crippen molar-refractivity contribution >= 4 is 0 Å². The molecule has 0 N–H and O–H groups in total. The summed E-state index contributed by atoms with van der Waals surface area (Å²) < 4.78 is 0. The number of rotatable bonds is 2. The van der Waals surface area contributed by atoms with Crippen molar-refractivity contribution in [2.45, 2.75) is 84.1 Å². The Morgan fingerprint density at radius 2 is 1.00 bits per heavy atom. The van der Waals surface area contributed by atoms with Crippen LogP contribution in [-0.4, -0.2) is 24.0 Å². The van der Waals surface area contributed by atoms with E-state index >= 15 is 0 Å². The van der Waals surface area contributed by atoms with E-state index in [0.717, 1.165) is 29.7 Å². The monoisotopic (exact) mass is 277 g/mol. The van der Waals surface area contributed by atoms with E-state index in [-0.39, 0.29) is 0 Å². The molecule has 20 heavy (non-hydrogen) atoms. The summed E-state index contributed by atoms with van der Waals surface area (Å²) in [7, 11) is 0. The van der Waals surface area contributed by atoms with E-state index in [2.05, 4.69) is 18.7 Å². The van der Waals surface area contributed by atoms with Gasteiger partial charge in [0.25, 0.3) is 0 Å². The van der Waals surface area contributed by atoms with E-state index in [1.165, 1.54) is 77.3 Å². The van der Waals surface area contributed by atoms with Crippen LogP contribution in [0.1, 0.15) is 78.1 Å². The van der Waals surface area contributed by atoms with Gasteiger partial charge in [-0.1, -0.05) is 26.7 Å². The Labute approximate surface area is 126 Å². The molecule has 0 unspecified atom stereocenters. The fourth-order valence-corrected chi connectivity index (χ4v) is 5.09. The van der Waals surface area contributed by atoms with Gasteiger partial charge < -0.3 is 4.90 Å². The van der Waals surface area contributed by atoms with Gasteiger partial charge in [0.1, 0.15) is 0 Å². The molecule has 1 aliphatic heterocycles.